The highest BCUT2D eigenvalue weighted by Crippen LogP contribution is 2.38. The first-order valence-electron chi connectivity index (χ1n) is 9.16. The maximum Gasteiger partial charge on any atom is 0.238 e. The molecule has 0 heterocycles. The van der Waals surface area contributed by atoms with Crippen molar-refractivity contribution in [1.82, 2.24) is 4.90 Å². The standard InChI is InChI=1S/C21H24Cl2N2O3/c1-13(15-6-4-5-7-16(15)22)25(14-8-9-14)12-21(26)24-18-10-17(23)19(27-2)11-20(18)28-3/h4-7,10-11,13-14H,8-9,12H2,1-3H3,(H,24,26). The van der Waals surface area contributed by atoms with Crippen LogP contribution in [0.5, 0.6) is 11.5 Å². The summed E-state index contributed by atoms with van der Waals surface area (Å²) < 4.78 is 10.6. The van der Waals surface area contributed by atoms with E-state index in [2.05, 4.69) is 17.1 Å². The Bertz CT molecular complexity index is 856. The molecule has 1 atom stereocenters. The Morgan fingerprint density at radius 3 is 2.43 bits per heavy atom. The van der Waals surface area contributed by atoms with E-state index in [1.807, 2.05) is 24.3 Å². The summed E-state index contributed by atoms with van der Waals surface area (Å²) in [4.78, 5) is 15.0. The molecule has 2 aromatic carbocycles. The van der Waals surface area contributed by atoms with E-state index in [0.717, 1.165) is 18.4 Å². The van der Waals surface area contributed by atoms with Crippen LogP contribution < -0.4 is 14.8 Å². The predicted molar refractivity (Wildman–Crippen MR) is 113 cm³/mol. The number of rotatable bonds is 8. The van der Waals surface area contributed by atoms with Crippen LogP contribution in [0.1, 0.15) is 31.4 Å². The van der Waals surface area contributed by atoms with Crippen molar-refractivity contribution in [3.05, 3.63) is 52.0 Å². The molecule has 28 heavy (non-hydrogen) atoms. The molecule has 0 aromatic heterocycles. The Morgan fingerprint density at radius 1 is 1.14 bits per heavy atom. The Kier molecular flexibility index (Phi) is 6.70. The number of hydrogen-bond acceptors (Lipinski definition) is 4. The van der Waals surface area contributed by atoms with Gasteiger partial charge in [-0.3, -0.25) is 9.69 Å². The largest absolute Gasteiger partial charge is 0.495 e. The maximum atomic E-state index is 12.8. The lowest BCUT2D eigenvalue weighted by atomic mass is 10.1. The van der Waals surface area contributed by atoms with Crippen molar-refractivity contribution in [2.75, 3.05) is 26.1 Å². The summed E-state index contributed by atoms with van der Waals surface area (Å²) in [6.07, 6.45) is 2.17. The maximum absolute atomic E-state index is 12.8. The number of ether oxygens (including phenoxy) is 2. The van der Waals surface area contributed by atoms with Gasteiger partial charge in [0.25, 0.3) is 0 Å². The second-order valence-electron chi connectivity index (χ2n) is 6.84. The van der Waals surface area contributed by atoms with Gasteiger partial charge in [0.15, 0.2) is 0 Å². The van der Waals surface area contributed by atoms with Gasteiger partial charge < -0.3 is 14.8 Å². The van der Waals surface area contributed by atoms with Crippen molar-refractivity contribution >= 4 is 34.8 Å². The van der Waals surface area contributed by atoms with Crippen molar-refractivity contribution in [1.29, 1.82) is 0 Å². The van der Waals surface area contributed by atoms with E-state index in [-0.39, 0.29) is 18.5 Å². The molecule has 1 unspecified atom stereocenters. The summed E-state index contributed by atoms with van der Waals surface area (Å²) in [5.41, 5.74) is 1.54. The zero-order valence-electron chi connectivity index (χ0n) is 16.2. The lowest BCUT2D eigenvalue weighted by Crippen LogP contribution is -2.37. The molecule has 2 aromatic rings. The van der Waals surface area contributed by atoms with Crippen molar-refractivity contribution in [2.45, 2.75) is 31.8 Å². The normalized spacial score (nSPS) is 14.6. The van der Waals surface area contributed by atoms with E-state index < -0.39 is 0 Å². The fraction of sp³-hybridized carbons (Fsp3) is 0.381. The molecule has 5 nitrogen and oxygen atoms in total. The first kappa shape index (κ1) is 20.8. The lowest BCUT2D eigenvalue weighted by molar-refractivity contribution is -0.118. The third-order valence-corrected chi connectivity index (χ3v) is 5.58. The Labute approximate surface area is 175 Å². The highest BCUT2D eigenvalue weighted by Gasteiger charge is 2.34. The quantitative estimate of drug-likeness (QED) is 0.636. The summed E-state index contributed by atoms with van der Waals surface area (Å²) in [6.45, 7) is 2.33. The van der Waals surface area contributed by atoms with Gasteiger partial charge in [0, 0.05) is 23.2 Å². The van der Waals surface area contributed by atoms with Crippen molar-refractivity contribution < 1.29 is 14.3 Å². The van der Waals surface area contributed by atoms with Crippen LogP contribution >= 0.6 is 23.2 Å². The van der Waals surface area contributed by atoms with Gasteiger partial charge >= 0.3 is 0 Å². The van der Waals surface area contributed by atoms with Gasteiger partial charge in [-0.25, -0.2) is 0 Å². The van der Waals surface area contributed by atoms with E-state index in [0.29, 0.717) is 33.3 Å². The summed E-state index contributed by atoms with van der Waals surface area (Å²) in [7, 11) is 3.07. The number of carbonyl (C=O) groups is 1. The minimum atomic E-state index is -0.134. The van der Waals surface area contributed by atoms with Gasteiger partial charge in [-0.15, -0.1) is 0 Å². The summed E-state index contributed by atoms with van der Waals surface area (Å²) in [6, 6.07) is 11.5. The van der Waals surface area contributed by atoms with Crippen molar-refractivity contribution in [3.8, 4) is 11.5 Å². The molecule has 3 rings (SSSR count). The molecule has 1 saturated carbocycles. The molecule has 150 valence electrons. The molecular weight excluding hydrogens is 399 g/mol. The second kappa shape index (κ2) is 9.03. The average molecular weight is 423 g/mol. The summed E-state index contributed by atoms with van der Waals surface area (Å²) >= 11 is 12.6. The smallest absolute Gasteiger partial charge is 0.238 e. The zero-order chi connectivity index (χ0) is 20.3. The van der Waals surface area contributed by atoms with Crippen LogP contribution in [0.4, 0.5) is 5.69 Å². The monoisotopic (exact) mass is 422 g/mol. The SMILES string of the molecule is COc1cc(OC)c(NC(=O)CN(C2CC2)C(C)c2ccccc2Cl)cc1Cl. The van der Waals surface area contributed by atoms with Crippen LogP contribution in [0.2, 0.25) is 10.0 Å². The van der Waals surface area contributed by atoms with Crippen LogP contribution in [0, 0.1) is 0 Å². The second-order valence-corrected chi connectivity index (χ2v) is 7.65. The number of benzene rings is 2. The van der Waals surface area contributed by atoms with Gasteiger partial charge in [-0.2, -0.15) is 0 Å². The van der Waals surface area contributed by atoms with Crippen LogP contribution in [-0.2, 0) is 4.79 Å². The van der Waals surface area contributed by atoms with Gasteiger partial charge in [0.1, 0.15) is 11.5 Å². The average Bonchev–Trinajstić information content (AvgIpc) is 3.51. The fourth-order valence-corrected chi connectivity index (χ4v) is 3.83. The Hall–Kier alpha value is -1.95. The number of anilines is 1. The molecule has 1 N–H and O–H groups in total. The number of halogens is 2. The molecule has 1 amide bonds. The molecule has 0 bridgehead atoms. The van der Waals surface area contributed by atoms with Crippen LogP contribution in [0.3, 0.4) is 0 Å². The van der Waals surface area contributed by atoms with E-state index in [9.17, 15) is 4.79 Å². The number of methoxy groups -OCH3 is 2. The molecule has 1 aliphatic rings. The van der Waals surface area contributed by atoms with Crippen LogP contribution in [-0.4, -0.2) is 37.6 Å². The molecule has 0 aliphatic heterocycles. The molecular formula is C21H24Cl2N2O3. The Balaban J connectivity index is 1.75. The van der Waals surface area contributed by atoms with Gasteiger partial charge in [-0.1, -0.05) is 41.4 Å². The van der Waals surface area contributed by atoms with Crippen molar-refractivity contribution in [3.63, 3.8) is 0 Å². The topological polar surface area (TPSA) is 50.8 Å². The third-order valence-electron chi connectivity index (χ3n) is 4.94. The number of carbonyl (C=O) groups excluding carboxylic acids is 1. The minimum Gasteiger partial charge on any atom is -0.495 e. The van der Waals surface area contributed by atoms with E-state index in [1.54, 1.807) is 12.1 Å². The van der Waals surface area contributed by atoms with Gasteiger partial charge in [0.05, 0.1) is 31.5 Å². The number of nitrogens with zero attached hydrogens (tertiary/aromatic N) is 1. The number of nitrogens with one attached hydrogen (secondary N) is 1. The summed E-state index contributed by atoms with van der Waals surface area (Å²) in [5, 5.41) is 4.03. The molecule has 0 radical (unpaired) electrons. The van der Waals surface area contributed by atoms with Gasteiger partial charge in [0.2, 0.25) is 5.91 Å². The van der Waals surface area contributed by atoms with Crippen LogP contribution in [0.25, 0.3) is 0 Å². The molecule has 0 spiro atoms. The molecule has 7 heteroatoms. The number of hydrogen-bond donors (Lipinski definition) is 1. The minimum absolute atomic E-state index is 0.0355. The molecule has 0 saturated heterocycles. The van der Waals surface area contributed by atoms with Gasteiger partial charge in [-0.05, 0) is 37.5 Å². The van der Waals surface area contributed by atoms with E-state index >= 15 is 0 Å². The fourth-order valence-electron chi connectivity index (χ4n) is 3.29. The first-order chi connectivity index (χ1) is 13.4. The highest BCUT2D eigenvalue weighted by molar-refractivity contribution is 6.32. The first-order valence-corrected chi connectivity index (χ1v) is 9.91. The zero-order valence-corrected chi connectivity index (χ0v) is 17.7. The van der Waals surface area contributed by atoms with E-state index in [4.69, 9.17) is 32.7 Å². The predicted octanol–water partition coefficient (Wildman–Crippen LogP) is 5.17. The third kappa shape index (κ3) is 4.72. The lowest BCUT2D eigenvalue weighted by Gasteiger charge is -2.29. The highest BCUT2D eigenvalue weighted by atomic mass is 35.5. The van der Waals surface area contributed by atoms with Crippen molar-refractivity contribution in [2.24, 2.45) is 0 Å². The van der Waals surface area contributed by atoms with E-state index in [1.165, 1.54) is 14.2 Å². The number of amides is 1. The molecule has 1 aliphatic carbocycles. The summed E-state index contributed by atoms with van der Waals surface area (Å²) in [5.74, 6) is 0.848. The molecule has 1 fully saturated rings. The van der Waals surface area contributed by atoms with Crippen LogP contribution in [0.15, 0.2) is 36.4 Å². The Morgan fingerprint density at radius 2 is 1.82 bits per heavy atom.